The maximum absolute atomic E-state index is 13.1. The molecule has 26 heavy (non-hydrogen) atoms. The van der Waals surface area contributed by atoms with Crippen LogP contribution in [-0.4, -0.2) is 32.6 Å². The number of halogens is 1. The first-order valence-electron chi connectivity index (χ1n) is 8.09. The van der Waals surface area contributed by atoms with Crippen molar-refractivity contribution in [3.63, 3.8) is 0 Å². The highest BCUT2D eigenvalue weighted by Gasteiger charge is 2.20. The zero-order valence-corrected chi connectivity index (χ0v) is 14.5. The van der Waals surface area contributed by atoms with Crippen LogP contribution >= 0.6 is 0 Å². The Labute approximate surface area is 150 Å². The fraction of sp³-hybridized carbons (Fsp3) is 0.222. The maximum atomic E-state index is 13.1. The normalized spacial score (nSPS) is 11.2. The summed E-state index contributed by atoms with van der Waals surface area (Å²) in [4.78, 5) is 11.9. The van der Waals surface area contributed by atoms with Gasteiger partial charge in [-0.1, -0.05) is 26.0 Å². The van der Waals surface area contributed by atoms with Crippen LogP contribution < -0.4 is 10.6 Å². The van der Waals surface area contributed by atoms with Gasteiger partial charge < -0.3 is 5.32 Å². The van der Waals surface area contributed by atoms with Gasteiger partial charge in [-0.2, -0.15) is 9.78 Å². The third-order valence-corrected chi connectivity index (χ3v) is 3.95. The van der Waals surface area contributed by atoms with Gasteiger partial charge in [0.2, 0.25) is 0 Å². The Morgan fingerprint density at radius 3 is 2.42 bits per heavy atom. The van der Waals surface area contributed by atoms with Crippen molar-refractivity contribution in [3.8, 4) is 0 Å². The van der Waals surface area contributed by atoms with E-state index in [0.717, 1.165) is 5.56 Å². The second-order valence-corrected chi connectivity index (χ2v) is 6.43. The smallest absolute Gasteiger partial charge is 0.347 e. The second kappa shape index (κ2) is 7.30. The predicted octanol–water partition coefficient (Wildman–Crippen LogP) is 3.28. The number of anilines is 2. The van der Waals surface area contributed by atoms with Crippen LogP contribution in [0.3, 0.4) is 0 Å². The third-order valence-electron chi connectivity index (χ3n) is 3.95. The second-order valence-electron chi connectivity index (χ2n) is 6.43. The fourth-order valence-corrected chi connectivity index (χ4v) is 2.36. The number of hydrogen-bond donors (Lipinski definition) is 2. The van der Waals surface area contributed by atoms with Gasteiger partial charge in [0.05, 0.1) is 0 Å². The molecule has 2 aromatic heterocycles. The molecule has 2 N–H and O–H groups in total. The van der Waals surface area contributed by atoms with Crippen LogP contribution in [0.4, 0.5) is 20.8 Å². The van der Waals surface area contributed by atoms with Crippen LogP contribution in [0.5, 0.6) is 0 Å². The number of carbonyl (C=O) groups excluding carboxylic acids is 1. The molecule has 0 saturated carbocycles. The highest BCUT2D eigenvalue weighted by molar-refractivity contribution is 5.89. The highest BCUT2D eigenvalue weighted by atomic mass is 19.1. The number of rotatable bonds is 5. The summed E-state index contributed by atoms with van der Waals surface area (Å²) in [6, 6.07) is 11.1. The largest absolute Gasteiger partial charge is 0.368 e. The zero-order chi connectivity index (χ0) is 18.6. The van der Waals surface area contributed by atoms with Crippen molar-refractivity contribution < 1.29 is 9.18 Å². The average molecular weight is 354 g/mol. The Bertz CT molecular complexity index is 860. The molecular formula is C18H19FN6O. The summed E-state index contributed by atoms with van der Waals surface area (Å²) < 4.78 is 14.2. The van der Waals surface area contributed by atoms with Gasteiger partial charge in [0.15, 0.2) is 5.82 Å². The molecule has 0 spiro atoms. The molecule has 1 amide bonds. The molecule has 134 valence electrons. The Hall–Kier alpha value is -3.29. The number of nitrogens with one attached hydrogen (secondary N) is 2. The third kappa shape index (κ3) is 4.21. The van der Waals surface area contributed by atoms with Crippen LogP contribution in [0.1, 0.15) is 19.4 Å². The van der Waals surface area contributed by atoms with E-state index in [-0.39, 0.29) is 11.2 Å². The molecule has 7 nitrogen and oxygen atoms in total. The highest BCUT2D eigenvalue weighted by Crippen LogP contribution is 2.23. The van der Waals surface area contributed by atoms with Gasteiger partial charge in [-0.15, -0.1) is 10.2 Å². The van der Waals surface area contributed by atoms with Crippen LogP contribution in [-0.2, 0) is 5.41 Å². The van der Waals surface area contributed by atoms with Gasteiger partial charge in [0, 0.05) is 24.4 Å². The molecule has 0 aliphatic heterocycles. The van der Waals surface area contributed by atoms with Crippen molar-refractivity contribution in [1.29, 1.82) is 0 Å². The van der Waals surface area contributed by atoms with E-state index in [1.54, 1.807) is 30.3 Å². The van der Waals surface area contributed by atoms with E-state index in [9.17, 15) is 9.18 Å². The maximum Gasteiger partial charge on any atom is 0.347 e. The monoisotopic (exact) mass is 354 g/mol. The van der Waals surface area contributed by atoms with E-state index >= 15 is 0 Å². The molecule has 1 aromatic carbocycles. The lowest BCUT2D eigenvalue weighted by Crippen LogP contribution is -2.28. The number of nitrogens with zero attached hydrogens (tertiary/aromatic N) is 4. The molecule has 8 heteroatoms. The van der Waals surface area contributed by atoms with Gasteiger partial charge in [0.25, 0.3) is 0 Å². The SMILES string of the molecule is CC(C)(CNc1ccc(NC(=O)n2cccn2)nn1)c1ccc(F)cc1. The van der Waals surface area contributed by atoms with Gasteiger partial charge >= 0.3 is 6.03 Å². The molecule has 0 fully saturated rings. The summed E-state index contributed by atoms with van der Waals surface area (Å²) in [6.45, 7) is 4.70. The summed E-state index contributed by atoms with van der Waals surface area (Å²) in [5.41, 5.74) is 0.796. The Morgan fingerprint density at radius 1 is 1.12 bits per heavy atom. The zero-order valence-electron chi connectivity index (χ0n) is 14.5. The van der Waals surface area contributed by atoms with Crippen molar-refractivity contribution in [2.24, 2.45) is 0 Å². The molecule has 3 aromatic rings. The first kappa shape index (κ1) is 17.5. The summed E-state index contributed by atoms with van der Waals surface area (Å²) in [7, 11) is 0. The first-order chi connectivity index (χ1) is 12.4. The number of carbonyl (C=O) groups is 1. The lowest BCUT2D eigenvalue weighted by atomic mass is 9.84. The molecule has 0 atom stereocenters. The van der Waals surface area contributed by atoms with Crippen molar-refractivity contribution in [2.75, 3.05) is 17.2 Å². The first-order valence-corrected chi connectivity index (χ1v) is 8.09. The summed E-state index contributed by atoms with van der Waals surface area (Å²) in [5, 5.41) is 17.7. The summed E-state index contributed by atoms with van der Waals surface area (Å²) in [5.74, 6) is 0.655. The van der Waals surface area contributed by atoms with Gasteiger partial charge in [-0.3, -0.25) is 5.32 Å². The van der Waals surface area contributed by atoms with E-state index in [2.05, 4.69) is 39.8 Å². The molecule has 0 aliphatic rings. The molecule has 3 rings (SSSR count). The van der Waals surface area contributed by atoms with Crippen molar-refractivity contribution in [3.05, 3.63) is 66.2 Å². The van der Waals surface area contributed by atoms with Crippen molar-refractivity contribution in [2.45, 2.75) is 19.3 Å². The van der Waals surface area contributed by atoms with E-state index in [0.29, 0.717) is 18.2 Å². The number of amides is 1. The topological polar surface area (TPSA) is 84.7 Å². The predicted molar refractivity (Wildman–Crippen MR) is 96.6 cm³/mol. The minimum atomic E-state index is -0.414. The lowest BCUT2D eigenvalue weighted by Gasteiger charge is -2.25. The van der Waals surface area contributed by atoms with Crippen LogP contribution in [0, 0.1) is 5.82 Å². The lowest BCUT2D eigenvalue weighted by molar-refractivity contribution is 0.251. The number of aromatic nitrogens is 4. The van der Waals surface area contributed by atoms with E-state index in [1.807, 2.05) is 0 Å². The average Bonchev–Trinajstić information content (AvgIpc) is 3.16. The number of hydrogen-bond acceptors (Lipinski definition) is 5. The fourth-order valence-electron chi connectivity index (χ4n) is 2.36. The number of benzene rings is 1. The van der Waals surface area contributed by atoms with E-state index in [1.165, 1.54) is 29.2 Å². The van der Waals surface area contributed by atoms with E-state index < -0.39 is 6.03 Å². The Morgan fingerprint density at radius 2 is 1.81 bits per heavy atom. The quantitative estimate of drug-likeness (QED) is 0.734. The van der Waals surface area contributed by atoms with Crippen LogP contribution in [0.25, 0.3) is 0 Å². The van der Waals surface area contributed by atoms with Crippen molar-refractivity contribution >= 4 is 17.7 Å². The molecule has 0 aliphatic carbocycles. The summed E-state index contributed by atoms with van der Waals surface area (Å²) >= 11 is 0. The minimum Gasteiger partial charge on any atom is -0.368 e. The van der Waals surface area contributed by atoms with Gasteiger partial charge in [-0.05, 0) is 35.9 Å². The van der Waals surface area contributed by atoms with Crippen LogP contribution in [0.2, 0.25) is 0 Å². The van der Waals surface area contributed by atoms with E-state index in [4.69, 9.17) is 0 Å². The molecular weight excluding hydrogens is 335 g/mol. The van der Waals surface area contributed by atoms with Gasteiger partial charge in [-0.25, -0.2) is 9.18 Å². The van der Waals surface area contributed by atoms with Crippen LogP contribution in [0.15, 0.2) is 54.9 Å². The Balaban J connectivity index is 1.59. The molecule has 0 unspecified atom stereocenters. The van der Waals surface area contributed by atoms with Gasteiger partial charge in [0.1, 0.15) is 11.6 Å². The molecule has 0 radical (unpaired) electrons. The molecule has 0 bridgehead atoms. The van der Waals surface area contributed by atoms with Crippen molar-refractivity contribution in [1.82, 2.24) is 20.0 Å². The Kier molecular flexibility index (Phi) is 4.92. The molecule has 0 saturated heterocycles. The standard InChI is InChI=1S/C18H19FN6O/c1-18(2,13-4-6-14(19)7-5-13)12-20-15-8-9-16(24-23-15)22-17(26)25-11-3-10-21-25/h3-11H,12H2,1-2H3,(H,20,23)(H,22,24,26). The molecule has 2 heterocycles. The summed E-state index contributed by atoms with van der Waals surface area (Å²) in [6.07, 6.45) is 3.05. The minimum absolute atomic E-state index is 0.220.